The summed E-state index contributed by atoms with van der Waals surface area (Å²) in [6, 6.07) is 14.9. The molecule has 5 heteroatoms. The third-order valence-electron chi connectivity index (χ3n) is 3.62. The van der Waals surface area contributed by atoms with Crippen molar-refractivity contribution in [3.8, 4) is 5.75 Å². The van der Waals surface area contributed by atoms with Gasteiger partial charge in [0, 0.05) is 6.42 Å². The van der Waals surface area contributed by atoms with E-state index in [2.05, 4.69) is 5.32 Å². The van der Waals surface area contributed by atoms with Crippen molar-refractivity contribution in [1.82, 2.24) is 0 Å². The summed E-state index contributed by atoms with van der Waals surface area (Å²) < 4.78 is 9.85. The summed E-state index contributed by atoms with van der Waals surface area (Å²) in [6.07, 6.45) is 1.95. The monoisotopic (exact) mass is 327 g/mol. The van der Waals surface area contributed by atoms with Gasteiger partial charge < -0.3 is 14.8 Å². The number of anilines is 1. The number of nitrogens with one attached hydrogen (secondary N) is 1. The summed E-state index contributed by atoms with van der Waals surface area (Å²) in [6.45, 7) is 0. The maximum absolute atomic E-state index is 12.1. The molecule has 0 saturated heterocycles. The number of ether oxygens (including phenoxy) is 2. The van der Waals surface area contributed by atoms with E-state index in [0.29, 0.717) is 17.9 Å². The number of carbonyl (C=O) groups excluding carboxylic acids is 2. The van der Waals surface area contributed by atoms with Crippen molar-refractivity contribution in [3.05, 3.63) is 59.7 Å². The van der Waals surface area contributed by atoms with E-state index >= 15 is 0 Å². The van der Waals surface area contributed by atoms with E-state index in [9.17, 15) is 9.59 Å². The molecule has 0 fully saturated rings. The number of hydrogen-bond acceptors (Lipinski definition) is 4. The van der Waals surface area contributed by atoms with Gasteiger partial charge in [-0.15, -0.1) is 0 Å². The van der Waals surface area contributed by atoms with Crippen LogP contribution < -0.4 is 10.1 Å². The molecule has 0 unspecified atom stereocenters. The Balaban J connectivity index is 1.96. The fourth-order valence-electron chi connectivity index (χ4n) is 2.35. The molecule has 2 aromatic carbocycles. The topological polar surface area (TPSA) is 64.6 Å². The highest BCUT2D eigenvalue weighted by molar-refractivity contribution is 6.01. The van der Waals surface area contributed by atoms with Crippen LogP contribution in [0.2, 0.25) is 0 Å². The zero-order valence-corrected chi connectivity index (χ0v) is 13.9. The molecule has 0 spiro atoms. The Morgan fingerprint density at radius 1 is 1.04 bits per heavy atom. The van der Waals surface area contributed by atoms with Gasteiger partial charge in [-0.05, 0) is 36.6 Å². The molecule has 0 radical (unpaired) electrons. The average Bonchev–Trinajstić information content (AvgIpc) is 2.62. The lowest BCUT2D eigenvalue weighted by Crippen LogP contribution is -2.15. The summed E-state index contributed by atoms with van der Waals surface area (Å²) in [5.74, 6) is -0.132. The van der Waals surface area contributed by atoms with Crippen molar-refractivity contribution < 1.29 is 19.1 Å². The first-order chi connectivity index (χ1) is 11.6. The van der Waals surface area contributed by atoms with Gasteiger partial charge >= 0.3 is 5.97 Å². The normalized spacial score (nSPS) is 10.1. The van der Waals surface area contributed by atoms with Crippen molar-refractivity contribution in [2.24, 2.45) is 0 Å². The molecular formula is C19H21NO4. The van der Waals surface area contributed by atoms with Crippen LogP contribution >= 0.6 is 0 Å². The summed E-state index contributed by atoms with van der Waals surface area (Å²) in [7, 11) is 2.81. The molecule has 0 bridgehead atoms. The van der Waals surface area contributed by atoms with Crippen molar-refractivity contribution in [1.29, 1.82) is 0 Å². The van der Waals surface area contributed by atoms with Gasteiger partial charge in [-0.2, -0.15) is 0 Å². The van der Waals surface area contributed by atoms with E-state index < -0.39 is 5.97 Å². The highest BCUT2D eigenvalue weighted by Crippen LogP contribution is 2.23. The van der Waals surface area contributed by atoms with E-state index in [-0.39, 0.29) is 11.5 Å². The van der Waals surface area contributed by atoms with Crippen LogP contribution in [0.4, 0.5) is 5.69 Å². The van der Waals surface area contributed by atoms with Crippen LogP contribution in [-0.2, 0) is 16.0 Å². The number of hydrogen-bond donors (Lipinski definition) is 1. The molecule has 2 rings (SSSR count). The van der Waals surface area contributed by atoms with E-state index in [1.807, 2.05) is 30.3 Å². The van der Waals surface area contributed by atoms with Crippen molar-refractivity contribution in [3.63, 3.8) is 0 Å². The first kappa shape index (κ1) is 17.5. The number of benzene rings is 2. The molecule has 1 N–H and O–H groups in total. The molecule has 0 atom stereocenters. The van der Waals surface area contributed by atoms with Crippen LogP contribution in [0.15, 0.2) is 48.5 Å². The fourth-order valence-corrected chi connectivity index (χ4v) is 2.35. The summed E-state index contributed by atoms with van der Waals surface area (Å²) in [4.78, 5) is 24.0. The number of aryl methyl sites for hydroxylation is 1. The molecule has 5 nitrogen and oxygen atoms in total. The fraction of sp³-hybridized carbons (Fsp3) is 0.263. The molecule has 126 valence electrons. The maximum Gasteiger partial charge on any atom is 0.340 e. The van der Waals surface area contributed by atoms with Crippen LogP contribution in [0.3, 0.4) is 0 Å². The van der Waals surface area contributed by atoms with Gasteiger partial charge in [0.2, 0.25) is 5.91 Å². The molecule has 1 amide bonds. The number of amides is 1. The summed E-state index contributed by atoms with van der Waals surface area (Å²) in [5.41, 5.74) is 1.89. The molecule has 0 aliphatic rings. The Morgan fingerprint density at radius 2 is 1.79 bits per heavy atom. The van der Waals surface area contributed by atoms with Gasteiger partial charge in [-0.1, -0.05) is 30.3 Å². The van der Waals surface area contributed by atoms with Crippen LogP contribution in [0.25, 0.3) is 0 Å². The standard InChI is InChI=1S/C19H21NO4/c1-23-15-11-12-17(16(13-15)19(22)24-2)20-18(21)10-6-9-14-7-4-3-5-8-14/h3-5,7-8,11-13H,6,9-10H2,1-2H3,(H,20,21). The van der Waals surface area contributed by atoms with Crippen molar-refractivity contribution in [2.75, 3.05) is 19.5 Å². The van der Waals surface area contributed by atoms with Crippen molar-refractivity contribution >= 4 is 17.6 Å². The van der Waals surface area contributed by atoms with Gasteiger partial charge in [0.15, 0.2) is 0 Å². The van der Waals surface area contributed by atoms with Gasteiger partial charge in [0.25, 0.3) is 0 Å². The first-order valence-corrected chi connectivity index (χ1v) is 7.74. The van der Waals surface area contributed by atoms with E-state index in [1.165, 1.54) is 19.8 Å². The Morgan fingerprint density at radius 3 is 2.46 bits per heavy atom. The van der Waals surface area contributed by atoms with E-state index in [0.717, 1.165) is 12.8 Å². The van der Waals surface area contributed by atoms with Gasteiger partial charge in [0.05, 0.1) is 25.5 Å². The lowest BCUT2D eigenvalue weighted by Gasteiger charge is -2.11. The SMILES string of the molecule is COC(=O)c1cc(OC)ccc1NC(=O)CCCc1ccccc1. The summed E-state index contributed by atoms with van der Waals surface area (Å²) >= 11 is 0. The molecule has 0 aliphatic heterocycles. The zero-order chi connectivity index (χ0) is 17.4. The Labute approximate surface area is 141 Å². The lowest BCUT2D eigenvalue weighted by molar-refractivity contribution is -0.116. The Kier molecular flexibility index (Phi) is 6.37. The minimum atomic E-state index is -0.520. The second-order valence-corrected chi connectivity index (χ2v) is 5.29. The number of esters is 1. The predicted octanol–water partition coefficient (Wildman–Crippen LogP) is 3.44. The second-order valence-electron chi connectivity index (χ2n) is 5.29. The molecule has 0 aromatic heterocycles. The highest BCUT2D eigenvalue weighted by atomic mass is 16.5. The van der Waals surface area contributed by atoms with E-state index in [1.54, 1.807) is 18.2 Å². The van der Waals surface area contributed by atoms with Gasteiger partial charge in [-0.25, -0.2) is 4.79 Å². The first-order valence-electron chi connectivity index (χ1n) is 7.74. The van der Waals surface area contributed by atoms with Crippen molar-refractivity contribution in [2.45, 2.75) is 19.3 Å². The molecule has 2 aromatic rings. The van der Waals surface area contributed by atoms with Crippen LogP contribution in [0, 0.1) is 0 Å². The number of methoxy groups -OCH3 is 2. The summed E-state index contributed by atoms with van der Waals surface area (Å²) in [5, 5.41) is 2.77. The molecule has 24 heavy (non-hydrogen) atoms. The lowest BCUT2D eigenvalue weighted by atomic mass is 10.1. The number of rotatable bonds is 7. The predicted molar refractivity (Wildman–Crippen MR) is 92.3 cm³/mol. The minimum absolute atomic E-state index is 0.138. The third-order valence-corrected chi connectivity index (χ3v) is 3.62. The molecule has 0 saturated carbocycles. The average molecular weight is 327 g/mol. The third kappa shape index (κ3) is 4.84. The highest BCUT2D eigenvalue weighted by Gasteiger charge is 2.15. The Bertz CT molecular complexity index is 698. The largest absolute Gasteiger partial charge is 0.497 e. The second kappa shape index (κ2) is 8.72. The Hall–Kier alpha value is -2.82. The van der Waals surface area contributed by atoms with Crippen LogP contribution in [-0.4, -0.2) is 26.1 Å². The minimum Gasteiger partial charge on any atom is -0.497 e. The van der Waals surface area contributed by atoms with Crippen LogP contribution in [0.5, 0.6) is 5.75 Å². The maximum atomic E-state index is 12.1. The smallest absolute Gasteiger partial charge is 0.340 e. The molecule has 0 heterocycles. The van der Waals surface area contributed by atoms with Crippen LogP contribution in [0.1, 0.15) is 28.8 Å². The number of carbonyl (C=O) groups is 2. The van der Waals surface area contributed by atoms with Gasteiger partial charge in [-0.3, -0.25) is 4.79 Å². The van der Waals surface area contributed by atoms with E-state index in [4.69, 9.17) is 9.47 Å². The van der Waals surface area contributed by atoms with Gasteiger partial charge in [0.1, 0.15) is 5.75 Å². The molecular weight excluding hydrogens is 306 g/mol. The molecule has 0 aliphatic carbocycles. The quantitative estimate of drug-likeness (QED) is 0.791. The zero-order valence-electron chi connectivity index (χ0n) is 13.9.